The molecule has 0 amide bonds. The Morgan fingerprint density at radius 1 is 1.28 bits per heavy atom. The van der Waals surface area contributed by atoms with Gasteiger partial charge in [-0.2, -0.15) is 8.78 Å². The second-order valence-corrected chi connectivity index (χ2v) is 5.08. The number of hydrogen-bond acceptors (Lipinski definition) is 5. The highest BCUT2D eigenvalue weighted by molar-refractivity contribution is 5.70. The van der Waals surface area contributed by atoms with E-state index in [1.165, 1.54) is 12.1 Å². The minimum Gasteiger partial charge on any atom is -0.478 e. The van der Waals surface area contributed by atoms with E-state index in [1.807, 2.05) is 13.0 Å². The Labute approximate surface area is 143 Å². The maximum absolute atomic E-state index is 12.5. The molecule has 0 unspecified atom stereocenters. The monoisotopic (exact) mass is 345 g/mol. The van der Waals surface area contributed by atoms with Crippen LogP contribution >= 0.6 is 0 Å². The number of alkyl halides is 2. The molecule has 129 valence electrons. The third-order valence-corrected chi connectivity index (χ3v) is 3.33. The van der Waals surface area contributed by atoms with Gasteiger partial charge in [0.15, 0.2) is 0 Å². The lowest BCUT2D eigenvalue weighted by atomic mass is 10.0. The summed E-state index contributed by atoms with van der Waals surface area (Å²) in [4.78, 5) is 4.33. The molecule has 25 heavy (non-hydrogen) atoms. The number of halogens is 2. The lowest BCUT2D eigenvalue weighted by Crippen LogP contribution is -2.04. The van der Waals surface area contributed by atoms with Crippen molar-refractivity contribution in [2.24, 2.45) is 0 Å². The maximum atomic E-state index is 12.5. The largest absolute Gasteiger partial charge is 0.478 e. The van der Waals surface area contributed by atoms with Gasteiger partial charge in [0.1, 0.15) is 11.9 Å². The van der Waals surface area contributed by atoms with Gasteiger partial charge in [-0.05, 0) is 36.2 Å². The van der Waals surface area contributed by atoms with Crippen LogP contribution in [0.4, 0.5) is 8.78 Å². The Morgan fingerprint density at radius 2 is 2.16 bits per heavy atom. The number of aromatic nitrogens is 4. The molecule has 1 radical (unpaired) electrons. The van der Waals surface area contributed by atoms with Crippen LogP contribution in [0.2, 0.25) is 0 Å². The number of hydrogen-bond donors (Lipinski definition) is 0. The number of pyridine rings is 1. The number of nitrogens with zero attached hydrogens (tertiary/aromatic N) is 4. The molecule has 0 saturated heterocycles. The standard InChI is InChI=1S/C17H15F2N4O2/c1-2-24-16-15(13-4-3-5-14(9-13)25-17(18)19)8-12(10-20-16)11-23-7-6-21-22-23/h3-5,7-10,17H,2,11H2,1H3. The van der Waals surface area contributed by atoms with Crippen LogP contribution in [-0.2, 0) is 6.54 Å². The molecular formula is C17H15F2N4O2. The zero-order valence-electron chi connectivity index (χ0n) is 13.4. The number of benzene rings is 1. The molecule has 0 atom stereocenters. The van der Waals surface area contributed by atoms with Crippen LogP contribution in [0.25, 0.3) is 11.1 Å². The van der Waals surface area contributed by atoms with Gasteiger partial charge in [-0.15, -0.1) is 5.10 Å². The van der Waals surface area contributed by atoms with Crippen molar-refractivity contribution in [3.63, 3.8) is 0 Å². The van der Waals surface area contributed by atoms with Crippen molar-refractivity contribution in [3.05, 3.63) is 54.5 Å². The first-order valence-electron chi connectivity index (χ1n) is 7.59. The Balaban J connectivity index is 1.97. The molecule has 2 heterocycles. The number of rotatable bonds is 7. The van der Waals surface area contributed by atoms with Gasteiger partial charge in [0, 0.05) is 11.8 Å². The summed E-state index contributed by atoms with van der Waals surface area (Å²) in [5, 5.41) is 7.51. The third kappa shape index (κ3) is 4.28. The van der Waals surface area contributed by atoms with Gasteiger partial charge in [0.05, 0.1) is 19.3 Å². The van der Waals surface area contributed by atoms with Gasteiger partial charge in [0.2, 0.25) is 5.88 Å². The predicted molar refractivity (Wildman–Crippen MR) is 85.4 cm³/mol. The molecule has 0 aliphatic carbocycles. The summed E-state index contributed by atoms with van der Waals surface area (Å²) in [5.74, 6) is 0.497. The fourth-order valence-electron chi connectivity index (χ4n) is 2.35. The van der Waals surface area contributed by atoms with E-state index in [9.17, 15) is 8.78 Å². The Hall–Kier alpha value is -3.03. The summed E-state index contributed by atoms with van der Waals surface area (Å²) in [7, 11) is 0. The Morgan fingerprint density at radius 3 is 2.88 bits per heavy atom. The van der Waals surface area contributed by atoms with Crippen molar-refractivity contribution >= 4 is 0 Å². The molecule has 0 N–H and O–H groups in total. The fraction of sp³-hybridized carbons (Fsp3) is 0.235. The predicted octanol–water partition coefficient (Wildman–Crippen LogP) is 3.19. The molecule has 2 aromatic heterocycles. The van der Waals surface area contributed by atoms with Crippen molar-refractivity contribution in [2.75, 3.05) is 6.61 Å². The minimum absolute atomic E-state index is 0.0752. The van der Waals surface area contributed by atoms with E-state index >= 15 is 0 Å². The van der Waals surface area contributed by atoms with E-state index in [0.717, 1.165) is 5.56 Å². The first-order valence-corrected chi connectivity index (χ1v) is 7.59. The van der Waals surface area contributed by atoms with Crippen molar-refractivity contribution < 1.29 is 18.3 Å². The van der Waals surface area contributed by atoms with Crippen LogP contribution in [0.5, 0.6) is 11.6 Å². The average molecular weight is 345 g/mol. The first kappa shape index (κ1) is 16.8. The molecule has 0 aliphatic heterocycles. The molecule has 0 saturated carbocycles. The van der Waals surface area contributed by atoms with E-state index in [-0.39, 0.29) is 5.75 Å². The van der Waals surface area contributed by atoms with E-state index in [1.54, 1.807) is 29.2 Å². The summed E-state index contributed by atoms with van der Waals surface area (Å²) < 4.78 is 36.5. The van der Waals surface area contributed by atoms with Crippen LogP contribution in [0, 0.1) is 6.20 Å². The van der Waals surface area contributed by atoms with Crippen molar-refractivity contribution in [1.29, 1.82) is 0 Å². The van der Waals surface area contributed by atoms with E-state index in [0.29, 0.717) is 30.2 Å². The molecule has 0 spiro atoms. The molecule has 0 bridgehead atoms. The third-order valence-electron chi connectivity index (χ3n) is 3.33. The van der Waals surface area contributed by atoms with Crippen molar-refractivity contribution in [1.82, 2.24) is 20.0 Å². The van der Waals surface area contributed by atoms with Crippen LogP contribution in [0.15, 0.2) is 42.7 Å². The van der Waals surface area contributed by atoms with Crippen LogP contribution in [0.1, 0.15) is 12.5 Å². The zero-order chi connectivity index (χ0) is 17.6. The number of ether oxygens (including phenoxy) is 2. The lowest BCUT2D eigenvalue weighted by molar-refractivity contribution is -0.0498. The topological polar surface area (TPSA) is 62.1 Å². The highest BCUT2D eigenvalue weighted by Gasteiger charge is 2.12. The molecule has 3 aromatic rings. The van der Waals surface area contributed by atoms with E-state index in [2.05, 4.69) is 26.2 Å². The molecular weight excluding hydrogens is 330 g/mol. The average Bonchev–Trinajstić information content (AvgIpc) is 3.09. The normalized spacial score (nSPS) is 10.9. The van der Waals surface area contributed by atoms with Crippen LogP contribution < -0.4 is 9.47 Å². The fourth-order valence-corrected chi connectivity index (χ4v) is 2.35. The molecule has 8 heteroatoms. The highest BCUT2D eigenvalue weighted by atomic mass is 19.3. The van der Waals surface area contributed by atoms with Gasteiger partial charge >= 0.3 is 6.61 Å². The quantitative estimate of drug-likeness (QED) is 0.658. The van der Waals surface area contributed by atoms with E-state index in [4.69, 9.17) is 4.74 Å². The highest BCUT2D eigenvalue weighted by Crippen LogP contribution is 2.32. The smallest absolute Gasteiger partial charge is 0.387 e. The lowest BCUT2D eigenvalue weighted by Gasteiger charge is -2.12. The summed E-state index contributed by atoms with van der Waals surface area (Å²) in [6.07, 6.45) is 5.92. The molecule has 0 aliphatic rings. The molecule has 3 rings (SSSR count). The maximum Gasteiger partial charge on any atom is 0.387 e. The Bertz CT molecular complexity index is 825. The molecule has 6 nitrogen and oxygen atoms in total. The van der Waals surface area contributed by atoms with Gasteiger partial charge in [0.25, 0.3) is 0 Å². The van der Waals surface area contributed by atoms with Gasteiger partial charge in [-0.1, -0.05) is 17.3 Å². The first-order chi connectivity index (χ1) is 12.2. The minimum atomic E-state index is -2.88. The van der Waals surface area contributed by atoms with E-state index < -0.39 is 6.61 Å². The summed E-state index contributed by atoms with van der Waals surface area (Å²) in [6, 6.07) is 8.30. The van der Waals surface area contributed by atoms with Crippen LogP contribution in [0.3, 0.4) is 0 Å². The van der Waals surface area contributed by atoms with Crippen molar-refractivity contribution in [3.8, 4) is 22.8 Å². The summed E-state index contributed by atoms with van der Waals surface area (Å²) in [6.45, 7) is -0.142. The van der Waals surface area contributed by atoms with Gasteiger partial charge in [-0.3, -0.25) is 0 Å². The SMILES string of the molecule is CCOc1ncc(Cn2c[c]nn2)cc1-c1cccc(OC(F)F)c1. The second kappa shape index (κ2) is 7.69. The second-order valence-electron chi connectivity index (χ2n) is 5.08. The van der Waals surface area contributed by atoms with Gasteiger partial charge in [-0.25, -0.2) is 9.67 Å². The van der Waals surface area contributed by atoms with Gasteiger partial charge < -0.3 is 9.47 Å². The van der Waals surface area contributed by atoms with Crippen molar-refractivity contribution in [2.45, 2.75) is 20.1 Å². The summed E-state index contributed by atoms with van der Waals surface area (Å²) in [5.41, 5.74) is 2.21. The molecule has 1 aromatic carbocycles. The van der Waals surface area contributed by atoms with Crippen LogP contribution in [-0.4, -0.2) is 33.2 Å². The molecule has 0 fully saturated rings. The Kier molecular flexibility index (Phi) is 5.17. The summed E-state index contributed by atoms with van der Waals surface area (Å²) >= 11 is 0. The zero-order valence-corrected chi connectivity index (χ0v) is 13.4.